The van der Waals surface area contributed by atoms with E-state index in [1.165, 1.54) is 7.11 Å². The predicted octanol–water partition coefficient (Wildman–Crippen LogP) is 2.84. The second kappa shape index (κ2) is 8.52. The summed E-state index contributed by atoms with van der Waals surface area (Å²) in [6.45, 7) is 4.72. The summed E-state index contributed by atoms with van der Waals surface area (Å²) in [7, 11) is 1.50. The average Bonchev–Trinajstić information content (AvgIpc) is 2.38. The number of hydrogen-bond donors (Lipinski definition) is 2. The lowest BCUT2D eigenvalue weighted by molar-refractivity contribution is -0.126. The third kappa shape index (κ3) is 6.49. The van der Waals surface area contributed by atoms with Gasteiger partial charge in [-0.25, -0.2) is 0 Å². The molecule has 0 aliphatic heterocycles. The average molecular weight is 313 g/mol. The molecule has 1 aromatic rings. The Hall–Kier alpha value is -1.75. The molecule has 0 aliphatic carbocycles. The maximum Gasteiger partial charge on any atom is 0.233 e. The molecular formula is C15H21ClN2O3. The molecule has 0 spiro atoms. The highest BCUT2D eigenvalue weighted by atomic mass is 35.5. The molecule has 21 heavy (non-hydrogen) atoms. The first-order valence-electron chi connectivity index (χ1n) is 6.82. The number of hydrogen-bond acceptors (Lipinski definition) is 3. The van der Waals surface area contributed by atoms with E-state index < -0.39 is 5.91 Å². The number of amides is 2. The molecule has 0 aliphatic rings. The molecule has 116 valence electrons. The summed E-state index contributed by atoms with van der Waals surface area (Å²) in [5.74, 6) is 0.301. The quantitative estimate of drug-likeness (QED) is 0.761. The number of methoxy groups -OCH3 is 1. The van der Waals surface area contributed by atoms with Gasteiger partial charge in [-0.1, -0.05) is 25.4 Å². The highest BCUT2D eigenvalue weighted by molar-refractivity contribution is 6.31. The molecule has 0 saturated carbocycles. The van der Waals surface area contributed by atoms with Crippen molar-refractivity contribution in [1.82, 2.24) is 5.32 Å². The van der Waals surface area contributed by atoms with Gasteiger partial charge in [-0.3, -0.25) is 9.59 Å². The number of carbonyl (C=O) groups is 2. The van der Waals surface area contributed by atoms with Crippen molar-refractivity contribution in [3.05, 3.63) is 23.2 Å². The van der Waals surface area contributed by atoms with E-state index in [0.717, 1.165) is 6.42 Å². The third-order valence-corrected chi connectivity index (χ3v) is 3.04. The third-order valence-electron chi connectivity index (χ3n) is 2.80. The molecule has 0 heterocycles. The maximum atomic E-state index is 11.8. The van der Waals surface area contributed by atoms with Gasteiger partial charge in [0.2, 0.25) is 11.8 Å². The number of rotatable bonds is 7. The van der Waals surface area contributed by atoms with E-state index in [9.17, 15) is 9.59 Å². The molecule has 6 heteroatoms. The fraction of sp³-hybridized carbons (Fsp3) is 0.467. The van der Waals surface area contributed by atoms with Crippen LogP contribution in [0, 0.1) is 5.92 Å². The zero-order chi connectivity index (χ0) is 15.8. The minimum atomic E-state index is -0.405. The van der Waals surface area contributed by atoms with Crippen molar-refractivity contribution in [2.75, 3.05) is 19.0 Å². The predicted molar refractivity (Wildman–Crippen MR) is 83.7 cm³/mol. The Balaban J connectivity index is 2.50. The van der Waals surface area contributed by atoms with E-state index in [0.29, 0.717) is 28.9 Å². The van der Waals surface area contributed by atoms with E-state index >= 15 is 0 Å². The molecule has 0 unspecified atom stereocenters. The number of benzene rings is 1. The Morgan fingerprint density at radius 1 is 1.29 bits per heavy atom. The van der Waals surface area contributed by atoms with E-state index in [4.69, 9.17) is 16.3 Å². The summed E-state index contributed by atoms with van der Waals surface area (Å²) in [5, 5.41) is 5.82. The smallest absolute Gasteiger partial charge is 0.233 e. The van der Waals surface area contributed by atoms with Crippen LogP contribution in [0.5, 0.6) is 5.75 Å². The van der Waals surface area contributed by atoms with Crippen LogP contribution in [-0.2, 0) is 9.59 Å². The van der Waals surface area contributed by atoms with Crippen molar-refractivity contribution in [3.8, 4) is 5.75 Å². The van der Waals surface area contributed by atoms with Crippen LogP contribution in [0.3, 0.4) is 0 Å². The second-order valence-electron chi connectivity index (χ2n) is 5.10. The topological polar surface area (TPSA) is 67.4 Å². The monoisotopic (exact) mass is 312 g/mol. The fourth-order valence-corrected chi connectivity index (χ4v) is 1.85. The Morgan fingerprint density at radius 3 is 2.62 bits per heavy atom. The number of carbonyl (C=O) groups excluding carboxylic acids is 2. The summed E-state index contributed by atoms with van der Waals surface area (Å²) in [6, 6.07) is 4.89. The summed E-state index contributed by atoms with van der Waals surface area (Å²) in [4.78, 5) is 23.4. The van der Waals surface area contributed by atoms with Crippen LogP contribution < -0.4 is 15.4 Å². The maximum absolute atomic E-state index is 11.8. The molecule has 2 amide bonds. The number of nitrogens with one attached hydrogen (secondary N) is 2. The second-order valence-corrected chi connectivity index (χ2v) is 5.54. The number of halogens is 1. The molecule has 2 N–H and O–H groups in total. The van der Waals surface area contributed by atoms with Crippen molar-refractivity contribution in [3.63, 3.8) is 0 Å². The fourth-order valence-electron chi connectivity index (χ4n) is 1.68. The van der Waals surface area contributed by atoms with Gasteiger partial charge < -0.3 is 15.4 Å². The van der Waals surface area contributed by atoms with Crippen molar-refractivity contribution >= 4 is 29.1 Å². The molecule has 0 saturated heterocycles. The first-order valence-corrected chi connectivity index (χ1v) is 7.20. The van der Waals surface area contributed by atoms with Crippen LogP contribution in [0.2, 0.25) is 5.02 Å². The van der Waals surface area contributed by atoms with Gasteiger partial charge in [0.1, 0.15) is 12.2 Å². The summed E-state index contributed by atoms with van der Waals surface area (Å²) in [5.41, 5.74) is 0.449. The van der Waals surface area contributed by atoms with Crippen LogP contribution in [0.25, 0.3) is 0 Å². The van der Waals surface area contributed by atoms with Crippen LogP contribution >= 0.6 is 11.6 Å². The molecule has 0 fully saturated rings. The van der Waals surface area contributed by atoms with Gasteiger partial charge in [0, 0.05) is 11.6 Å². The van der Waals surface area contributed by atoms with E-state index in [1.807, 2.05) is 0 Å². The molecule has 1 rings (SSSR count). The molecule has 0 bridgehead atoms. The largest absolute Gasteiger partial charge is 0.495 e. The number of anilines is 1. The van der Waals surface area contributed by atoms with E-state index in [-0.39, 0.29) is 12.3 Å². The van der Waals surface area contributed by atoms with Crippen LogP contribution in [0.1, 0.15) is 26.7 Å². The number of ether oxygens (including phenoxy) is 1. The molecule has 0 atom stereocenters. The van der Waals surface area contributed by atoms with Crippen molar-refractivity contribution in [2.45, 2.75) is 26.7 Å². The summed E-state index contributed by atoms with van der Waals surface area (Å²) >= 11 is 5.87. The zero-order valence-corrected chi connectivity index (χ0v) is 13.3. The normalized spacial score (nSPS) is 10.3. The molecule has 1 aromatic carbocycles. The highest BCUT2D eigenvalue weighted by Crippen LogP contribution is 2.27. The summed E-state index contributed by atoms with van der Waals surface area (Å²) in [6.07, 6.45) is 0.656. The minimum Gasteiger partial charge on any atom is -0.495 e. The standard InChI is InChI=1S/C15H21ClN2O3/c1-10(2)6-7-17-14(19)9-15(20)18-12-8-11(16)4-5-13(12)21-3/h4-5,8,10H,6-7,9H2,1-3H3,(H,17,19)(H,18,20). The highest BCUT2D eigenvalue weighted by Gasteiger charge is 2.12. The molecule has 0 radical (unpaired) electrons. The van der Waals surface area contributed by atoms with Gasteiger partial charge in [-0.15, -0.1) is 0 Å². The Bertz CT molecular complexity index is 504. The lowest BCUT2D eigenvalue weighted by Gasteiger charge is -2.11. The van der Waals surface area contributed by atoms with Gasteiger partial charge in [-0.2, -0.15) is 0 Å². The first-order chi connectivity index (χ1) is 9.92. The minimum absolute atomic E-state index is 0.228. The van der Waals surface area contributed by atoms with Gasteiger partial charge in [0.05, 0.1) is 12.8 Å². The van der Waals surface area contributed by atoms with Crippen molar-refractivity contribution < 1.29 is 14.3 Å². The van der Waals surface area contributed by atoms with Gasteiger partial charge in [0.15, 0.2) is 0 Å². The van der Waals surface area contributed by atoms with Crippen LogP contribution in [-0.4, -0.2) is 25.5 Å². The lowest BCUT2D eigenvalue weighted by atomic mass is 10.1. The SMILES string of the molecule is COc1ccc(Cl)cc1NC(=O)CC(=O)NCCC(C)C. The molecule has 0 aromatic heterocycles. The van der Waals surface area contributed by atoms with Gasteiger partial charge >= 0.3 is 0 Å². The molecule has 5 nitrogen and oxygen atoms in total. The molecular weight excluding hydrogens is 292 g/mol. The van der Waals surface area contributed by atoms with Gasteiger partial charge in [-0.05, 0) is 30.5 Å². The first kappa shape index (κ1) is 17.3. The lowest BCUT2D eigenvalue weighted by Crippen LogP contribution is -2.29. The van der Waals surface area contributed by atoms with E-state index in [1.54, 1.807) is 18.2 Å². The Morgan fingerprint density at radius 2 is 2.00 bits per heavy atom. The Kier molecular flexibility index (Phi) is 7.02. The van der Waals surface area contributed by atoms with Crippen molar-refractivity contribution in [2.24, 2.45) is 5.92 Å². The van der Waals surface area contributed by atoms with Gasteiger partial charge in [0.25, 0.3) is 0 Å². The summed E-state index contributed by atoms with van der Waals surface area (Å²) < 4.78 is 5.12. The van der Waals surface area contributed by atoms with Crippen molar-refractivity contribution in [1.29, 1.82) is 0 Å². The van der Waals surface area contributed by atoms with Crippen LogP contribution in [0.4, 0.5) is 5.69 Å². The van der Waals surface area contributed by atoms with Crippen LogP contribution in [0.15, 0.2) is 18.2 Å². The Labute approximate surface area is 130 Å². The van der Waals surface area contributed by atoms with E-state index in [2.05, 4.69) is 24.5 Å². The zero-order valence-electron chi connectivity index (χ0n) is 12.5.